The summed E-state index contributed by atoms with van der Waals surface area (Å²) in [5, 5.41) is 15.2. The molecule has 0 aromatic carbocycles. The zero-order valence-electron chi connectivity index (χ0n) is 9.97. The third-order valence-corrected chi connectivity index (χ3v) is 2.13. The molecule has 7 heteroatoms. The fourth-order valence-corrected chi connectivity index (χ4v) is 1.26. The van der Waals surface area contributed by atoms with Crippen molar-refractivity contribution in [1.29, 1.82) is 5.26 Å². The summed E-state index contributed by atoms with van der Waals surface area (Å²) in [6, 6.07) is 1.53. The Kier molecular flexibility index (Phi) is 5.81. The largest absolute Gasteiger partial charge is 1.00 e. The molecule has 17 heavy (non-hydrogen) atoms. The molecule has 0 N–H and O–H groups in total. The number of halogens is 3. The van der Waals surface area contributed by atoms with E-state index in [2.05, 4.69) is 10.2 Å². The van der Waals surface area contributed by atoms with Crippen molar-refractivity contribution in [2.24, 2.45) is 5.92 Å². The molecule has 0 amide bonds. The van der Waals surface area contributed by atoms with Crippen LogP contribution in [0.5, 0.6) is 0 Å². The number of nitrogens with zero attached hydrogens (tertiary/aromatic N) is 3. The first kappa shape index (κ1) is 16.1. The molecule has 1 aromatic heterocycles. The SMILES string of the molecule is CC(C)CCc1[n-]nc(C(F)(F)F)c1C#N.[Li+]. The van der Waals surface area contributed by atoms with E-state index < -0.39 is 17.4 Å². The van der Waals surface area contributed by atoms with Crippen LogP contribution in [0.2, 0.25) is 0 Å². The van der Waals surface area contributed by atoms with Crippen molar-refractivity contribution in [2.45, 2.75) is 32.9 Å². The fourth-order valence-electron chi connectivity index (χ4n) is 1.26. The minimum Gasteiger partial charge on any atom is -0.577 e. The van der Waals surface area contributed by atoms with Gasteiger partial charge in [-0.05, 0) is 18.8 Å². The van der Waals surface area contributed by atoms with Gasteiger partial charge < -0.3 is 10.2 Å². The molecule has 0 saturated heterocycles. The van der Waals surface area contributed by atoms with Crippen LogP contribution in [-0.4, -0.2) is 5.10 Å². The molecule has 0 fully saturated rings. The molecule has 1 aromatic rings. The number of nitriles is 1. The van der Waals surface area contributed by atoms with Crippen molar-refractivity contribution < 1.29 is 32.0 Å². The second kappa shape index (κ2) is 6.14. The van der Waals surface area contributed by atoms with Gasteiger partial charge in [0.2, 0.25) is 0 Å². The van der Waals surface area contributed by atoms with E-state index in [1.165, 1.54) is 6.07 Å². The molecule has 0 aliphatic heterocycles. The van der Waals surface area contributed by atoms with E-state index in [9.17, 15) is 13.2 Å². The molecule has 0 radical (unpaired) electrons. The molecule has 0 atom stereocenters. The standard InChI is InChI=1S/C10H11F3N3.Li/c1-6(2)3-4-8-7(5-14)9(16-15-8)10(11,12)13;/h6H,3-4H2,1-2H3;/q-1;+1. The van der Waals surface area contributed by atoms with E-state index in [-0.39, 0.29) is 24.6 Å². The molecule has 1 heterocycles. The summed E-state index contributed by atoms with van der Waals surface area (Å²) in [7, 11) is 0. The Bertz CT molecular complexity index is 404. The van der Waals surface area contributed by atoms with E-state index in [0.717, 1.165) is 0 Å². The van der Waals surface area contributed by atoms with Gasteiger partial charge in [0.25, 0.3) is 0 Å². The van der Waals surface area contributed by atoms with Crippen molar-refractivity contribution in [3.05, 3.63) is 17.0 Å². The molecule has 3 nitrogen and oxygen atoms in total. The number of rotatable bonds is 3. The third kappa shape index (κ3) is 4.11. The normalized spacial score (nSPS) is 11.1. The number of hydrogen-bond acceptors (Lipinski definition) is 2. The average molecular weight is 237 g/mol. The quantitative estimate of drug-likeness (QED) is 0.667. The van der Waals surface area contributed by atoms with Crippen molar-refractivity contribution >= 4 is 0 Å². The monoisotopic (exact) mass is 237 g/mol. The Morgan fingerprint density at radius 3 is 2.41 bits per heavy atom. The third-order valence-electron chi connectivity index (χ3n) is 2.13. The van der Waals surface area contributed by atoms with Gasteiger partial charge in [0.15, 0.2) is 0 Å². The van der Waals surface area contributed by atoms with Crippen LogP contribution in [0, 0.1) is 17.2 Å². The van der Waals surface area contributed by atoms with E-state index in [1.54, 1.807) is 0 Å². The Morgan fingerprint density at radius 1 is 1.41 bits per heavy atom. The van der Waals surface area contributed by atoms with Crippen LogP contribution in [0.4, 0.5) is 13.2 Å². The molecule has 88 valence electrons. The van der Waals surface area contributed by atoms with E-state index in [4.69, 9.17) is 5.26 Å². The molecule has 0 bridgehead atoms. The molecule has 0 saturated carbocycles. The molecule has 0 aliphatic rings. The second-order valence-electron chi connectivity index (χ2n) is 3.91. The van der Waals surface area contributed by atoms with Crippen molar-refractivity contribution in [2.75, 3.05) is 0 Å². The summed E-state index contributed by atoms with van der Waals surface area (Å²) >= 11 is 0. The summed E-state index contributed by atoms with van der Waals surface area (Å²) in [6.07, 6.45) is -3.57. The maximum Gasteiger partial charge on any atom is 1.00 e. The average Bonchev–Trinajstić information content (AvgIpc) is 2.56. The zero-order chi connectivity index (χ0) is 12.3. The minimum absolute atomic E-state index is 0. The van der Waals surface area contributed by atoms with Gasteiger partial charge in [-0.15, -0.1) is 5.69 Å². The smallest absolute Gasteiger partial charge is 0.577 e. The van der Waals surface area contributed by atoms with Crippen molar-refractivity contribution in [3.8, 4) is 6.07 Å². The van der Waals surface area contributed by atoms with Gasteiger partial charge in [-0.2, -0.15) is 18.4 Å². The van der Waals surface area contributed by atoms with E-state index in [0.29, 0.717) is 18.8 Å². The minimum atomic E-state index is -4.60. The summed E-state index contributed by atoms with van der Waals surface area (Å²) < 4.78 is 37.2. The van der Waals surface area contributed by atoms with Crippen LogP contribution in [0.1, 0.15) is 37.2 Å². The molecule has 0 spiro atoms. The van der Waals surface area contributed by atoms with Crippen LogP contribution >= 0.6 is 0 Å². The van der Waals surface area contributed by atoms with Gasteiger partial charge in [0.05, 0.1) is 11.6 Å². The molecule has 0 aliphatic carbocycles. The van der Waals surface area contributed by atoms with Crippen molar-refractivity contribution in [1.82, 2.24) is 10.2 Å². The maximum atomic E-state index is 12.4. The summed E-state index contributed by atoms with van der Waals surface area (Å²) in [5.74, 6) is 0.345. The van der Waals surface area contributed by atoms with Crippen LogP contribution in [0.3, 0.4) is 0 Å². The van der Waals surface area contributed by atoms with Crippen LogP contribution in [-0.2, 0) is 12.6 Å². The number of hydrogen-bond donors (Lipinski definition) is 0. The first-order valence-corrected chi connectivity index (χ1v) is 4.85. The molecule has 1 rings (SSSR count). The van der Waals surface area contributed by atoms with Gasteiger partial charge in [-0.3, -0.25) is 0 Å². The van der Waals surface area contributed by atoms with Gasteiger partial charge in [-0.1, -0.05) is 13.8 Å². The number of aromatic nitrogens is 2. The second-order valence-corrected chi connectivity index (χ2v) is 3.91. The van der Waals surface area contributed by atoms with Gasteiger partial charge in [0.1, 0.15) is 5.69 Å². The number of alkyl halides is 3. The summed E-state index contributed by atoms with van der Waals surface area (Å²) in [6.45, 7) is 3.90. The Labute approximate surface area is 110 Å². The van der Waals surface area contributed by atoms with E-state index >= 15 is 0 Å². The topological polar surface area (TPSA) is 50.8 Å². The molecular formula is C10H11F3LiN3. The van der Waals surface area contributed by atoms with E-state index in [1.807, 2.05) is 13.8 Å². The van der Waals surface area contributed by atoms with Crippen LogP contribution in [0.25, 0.3) is 0 Å². The van der Waals surface area contributed by atoms with Crippen molar-refractivity contribution in [3.63, 3.8) is 0 Å². The fraction of sp³-hybridized carbons (Fsp3) is 0.600. The predicted octanol–water partition coefficient (Wildman–Crippen LogP) is -0.478. The Balaban J connectivity index is 0.00000256. The Hall–Kier alpha value is -0.913. The van der Waals surface area contributed by atoms with Gasteiger partial charge in [-0.25, -0.2) is 0 Å². The summed E-state index contributed by atoms with van der Waals surface area (Å²) in [5.41, 5.74) is -1.47. The van der Waals surface area contributed by atoms with Gasteiger partial charge in [0, 0.05) is 0 Å². The number of aryl methyl sites for hydroxylation is 1. The predicted molar refractivity (Wildman–Crippen MR) is 50.4 cm³/mol. The summed E-state index contributed by atoms with van der Waals surface area (Å²) in [4.78, 5) is 0. The maximum absolute atomic E-state index is 12.4. The van der Waals surface area contributed by atoms with Gasteiger partial charge >= 0.3 is 25.0 Å². The zero-order valence-corrected chi connectivity index (χ0v) is 9.97. The Morgan fingerprint density at radius 2 is 2.00 bits per heavy atom. The first-order chi connectivity index (χ1) is 7.36. The first-order valence-electron chi connectivity index (χ1n) is 4.85. The van der Waals surface area contributed by atoms with Crippen LogP contribution in [0.15, 0.2) is 0 Å². The molecular weight excluding hydrogens is 226 g/mol. The van der Waals surface area contributed by atoms with Crippen LogP contribution < -0.4 is 24.0 Å². The molecule has 0 unspecified atom stereocenters.